The van der Waals surface area contributed by atoms with Gasteiger partial charge in [-0.25, -0.2) is 0 Å². The highest BCUT2D eigenvalue weighted by Crippen LogP contribution is 2.27. The number of rotatable bonds is 2. The van der Waals surface area contributed by atoms with Gasteiger partial charge in [0.05, 0.1) is 6.04 Å². The second kappa shape index (κ2) is 4.70. The van der Waals surface area contributed by atoms with Crippen LogP contribution in [0.2, 0.25) is 0 Å². The summed E-state index contributed by atoms with van der Waals surface area (Å²) >= 11 is 0. The zero-order chi connectivity index (χ0) is 13.4. The smallest absolute Gasteiger partial charge is 0.239 e. The largest absolute Gasteiger partial charge is 0.358 e. The van der Waals surface area contributed by atoms with E-state index >= 15 is 0 Å². The topological polar surface area (TPSA) is 48.1 Å². The molecule has 4 heteroatoms. The Morgan fingerprint density at radius 1 is 1.42 bits per heavy atom. The zero-order valence-corrected chi connectivity index (χ0v) is 11.4. The first kappa shape index (κ1) is 12.2. The van der Waals surface area contributed by atoms with E-state index < -0.39 is 0 Å². The fraction of sp³-hybridized carbons (Fsp3) is 0.400. The molecule has 0 bridgehead atoms. The van der Waals surface area contributed by atoms with Crippen LogP contribution in [0.4, 0.5) is 0 Å². The number of amides is 1. The third kappa shape index (κ3) is 2.02. The fourth-order valence-electron chi connectivity index (χ4n) is 2.75. The molecular weight excluding hydrogens is 238 g/mol. The molecule has 1 aromatic heterocycles. The lowest BCUT2D eigenvalue weighted by Gasteiger charge is -2.29. The van der Waals surface area contributed by atoms with Crippen molar-refractivity contribution in [1.29, 1.82) is 0 Å². The number of carbonyl (C=O) groups is 1. The molecule has 0 radical (unpaired) electrons. The number of hydrogen-bond donors (Lipinski definition) is 2. The van der Waals surface area contributed by atoms with Gasteiger partial charge in [0.15, 0.2) is 0 Å². The summed E-state index contributed by atoms with van der Waals surface area (Å²) in [6.45, 7) is 3.42. The van der Waals surface area contributed by atoms with Crippen LogP contribution in [-0.4, -0.2) is 35.4 Å². The van der Waals surface area contributed by atoms with Crippen molar-refractivity contribution in [2.24, 2.45) is 0 Å². The van der Waals surface area contributed by atoms with Crippen molar-refractivity contribution in [3.05, 3.63) is 35.5 Å². The van der Waals surface area contributed by atoms with Crippen LogP contribution in [0.25, 0.3) is 10.9 Å². The highest BCUT2D eigenvalue weighted by molar-refractivity contribution is 5.87. The van der Waals surface area contributed by atoms with Gasteiger partial charge in [-0.2, -0.15) is 0 Å². The average Bonchev–Trinajstić information content (AvgIpc) is 2.83. The van der Waals surface area contributed by atoms with Gasteiger partial charge in [-0.1, -0.05) is 18.2 Å². The Labute approximate surface area is 112 Å². The SMILES string of the molecule is CNC(C)C(=O)N1CCc2[nH]c3ccccc3c2C1. The van der Waals surface area contributed by atoms with Crippen molar-refractivity contribution in [3.8, 4) is 0 Å². The van der Waals surface area contributed by atoms with Crippen molar-refractivity contribution in [2.75, 3.05) is 13.6 Å². The Kier molecular flexibility index (Phi) is 3.03. The summed E-state index contributed by atoms with van der Waals surface area (Å²) in [5, 5.41) is 4.26. The Balaban J connectivity index is 1.93. The molecule has 0 saturated carbocycles. The van der Waals surface area contributed by atoms with E-state index in [1.54, 1.807) is 0 Å². The van der Waals surface area contributed by atoms with E-state index in [4.69, 9.17) is 0 Å². The van der Waals surface area contributed by atoms with E-state index in [2.05, 4.69) is 22.4 Å². The molecule has 1 unspecified atom stereocenters. The van der Waals surface area contributed by atoms with Gasteiger partial charge in [0.1, 0.15) is 0 Å². The highest BCUT2D eigenvalue weighted by Gasteiger charge is 2.25. The van der Waals surface area contributed by atoms with Crippen LogP contribution in [-0.2, 0) is 17.8 Å². The van der Waals surface area contributed by atoms with E-state index in [0.717, 1.165) is 13.0 Å². The Hall–Kier alpha value is -1.81. The number of carbonyl (C=O) groups excluding carboxylic acids is 1. The van der Waals surface area contributed by atoms with Crippen LogP contribution in [0.15, 0.2) is 24.3 Å². The number of hydrogen-bond acceptors (Lipinski definition) is 2. The number of fused-ring (bicyclic) bond motifs is 3. The molecule has 1 aromatic carbocycles. The molecule has 100 valence electrons. The van der Waals surface area contributed by atoms with E-state index in [9.17, 15) is 4.79 Å². The Morgan fingerprint density at radius 3 is 3.00 bits per heavy atom. The molecule has 3 rings (SSSR count). The number of aromatic nitrogens is 1. The van der Waals surface area contributed by atoms with Gasteiger partial charge in [0, 0.05) is 41.7 Å². The van der Waals surface area contributed by atoms with Crippen LogP contribution in [0.1, 0.15) is 18.2 Å². The molecule has 0 saturated heterocycles. The molecule has 19 heavy (non-hydrogen) atoms. The maximum atomic E-state index is 12.3. The molecule has 0 fully saturated rings. The Morgan fingerprint density at radius 2 is 2.21 bits per heavy atom. The second-order valence-electron chi connectivity index (χ2n) is 5.15. The van der Waals surface area contributed by atoms with E-state index in [0.29, 0.717) is 6.54 Å². The van der Waals surface area contributed by atoms with Crippen LogP contribution >= 0.6 is 0 Å². The molecule has 2 aromatic rings. The second-order valence-corrected chi connectivity index (χ2v) is 5.15. The summed E-state index contributed by atoms with van der Waals surface area (Å²) in [6, 6.07) is 8.19. The first-order valence-corrected chi connectivity index (χ1v) is 6.75. The van der Waals surface area contributed by atoms with Gasteiger partial charge in [-0.05, 0) is 20.0 Å². The fourth-order valence-corrected chi connectivity index (χ4v) is 2.75. The van der Waals surface area contributed by atoms with Gasteiger partial charge in [0.2, 0.25) is 5.91 Å². The quantitative estimate of drug-likeness (QED) is 0.859. The molecule has 1 atom stereocenters. The molecule has 0 spiro atoms. The van der Waals surface area contributed by atoms with Gasteiger partial charge >= 0.3 is 0 Å². The minimum absolute atomic E-state index is 0.119. The lowest BCUT2D eigenvalue weighted by atomic mass is 10.0. The molecule has 1 amide bonds. The lowest BCUT2D eigenvalue weighted by Crippen LogP contribution is -2.45. The third-order valence-corrected chi connectivity index (χ3v) is 4.00. The summed E-state index contributed by atoms with van der Waals surface area (Å²) in [7, 11) is 1.82. The Bertz CT molecular complexity index is 617. The minimum atomic E-state index is -0.119. The molecule has 1 aliphatic heterocycles. The van der Waals surface area contributed by atoms with Crippen molar-refractivity contribution in [3.63, 3.8) is 0 Å². The molecule has 2 heterocycles. The molecule has 1 aliphatic rings. The van der Waals surface area contributed by atoms with Crippen LogP contribution in [0, 0.1) is 0 Å². The predicted octanol–water partition coefficient (Wildman–Crippen LogP) is 1.66. The van der Waals surface area contributed by atoms with Gasteiger partial charge < -0.3 is 15.2 Å². The monoisotopic (exact) mass is 257 g/mol. The standard InChI is InChI=1S/C15H19N3O/c1-10(16-2)15(19)18-8-7-14-12(9-18)11-5-3-4-6-13(11)17-14/h3-6,10,16-17H,7-9H2,1-2H3. The van der Waals surface area contributed by atoms with E-state index in [1.807, 2.05) is 31.0 Å². The maximum absolute atomic E-state index is 12.3. The summed E-state index contributed by atoms with van der Waals surface area (Å²) < 4.78 is 0. The summed E-state index contributed by atoms with van der Waals surface area (Å²) in [6.07, 6.45) is 0.909. The number of likely N-dealkylation sites (N-methyl/N-ethyl adjacent to an activating group) is 1. The van der Waals surface area contributed by atoms with E-state index in [1.165, 1.54) is 22.2 Å². The normalized spacial score (nSPS) is 16.4. The average molecular weight is 257 g/mol. The van der Waals surface area contributed by atoms with E-state index in [-0.39, 0.29) is 11.9 Å². The first-order chi connectivity index (χ1) is 9.20. The first-order valence-electron chi connectivity index (χ1n) is 6.75. The van der Waals surface area contributed by atoms with Gasteiger partial charge in [-0.15, -0.1) is 0 Å². The van der Waals surface area contributed by atoms with Crippen LogP contribution < -0.4 is 5.32 Å². The maximum Gasteiger partial charge on any atom is 0.239 e. The molecule has 4 nitrogen and oxygen atoms in total. The minimum Gasteiger partial charge on any atom is -0.358 e. The predicted molar refractivity (Wildman–Crippen MR) is 75.9 cm³/mol. The van der Waals surface area contributed by atoms with Crippen molar-refractivity contribution < 1.29 is 4.79 Å². The highest BCUT2D eigenvalue weighted by atomic mass is 16.2. The zero-order valence-electron chi connectivity index (χ0n) is 11.4. The molecule has 2 N–H and O–H groups in total. The third-order valence-electron chi connectivity index (χ3n) is 4.00. The van der Waals surface area contributed by atoms with Gasteiger partial charge in [0.25, 0.3) is 0 Å². The lowest BCUT2D eigenvalue weighted by molar-refractivity contribution is -0.133. The number of para-hydroxylation sites is 1. The van der Waals surface area contributed by atoms with Crippen molar-refractivity contribution >= 4 is 16.8 Å². The van der Waals surface area contributed by atoms with Crippen LogP contribution in [0.5, 0.6) is 0 Å². The summed E-state index contributed by atoms with van der Waals surface area (Å²) in [4.78, 5) is 17.7. The number of benzene rings is 1. The molecule has 0 aliphatic carbocycles. The number of nitrogens with one attached hydrogen (secondary N) is 2. The van der Waals surface area contributed by atoms with Crippen molar-refractivity contribution in [1.82, 2.24) is 15.2 Å². The van der Waals surface area contributed by atoms with Crippen molar-refractivity contribution in [2.45, 2.75) is 25.9 Å². The number of H-pyrrole nitrogens is 1. The summed E-state index contributed by atoms with van der Waals surface area (Å²) in [5.74, 6) is 0.179. The number of nitrogens with zero attached hydrogens (tertiary/aromatic N) is 1. The molecular formula is C15H19N3O. The van der Waals surface area contributed by atoms with Crippen LogP contribution in [0.3, 0.4) is 0 Å². The number of aromatic amines is 1. The van der Waals surface area contributed by atoms with Gasteiger partial charge in [-0.3, -0.25) is 4.79 Å². The summed E-state index contributed by atoms with van der Waals surface area (Å²) in [5.41, 5.74) is 3.73.